The Morgan fingerprint density at radius 1 is 1.11 bits per heavy atom. The quantitative estimate of drug-likeness (QED) is 0.699. The zero-order valence-corrected chi connectivity index (χ0v) is 14.6. The number of carbonyl (C=O) groups is 1. The summed E-state index contributed by atoms with van der Waals surface area (Å²) < 4.78 is 43.3. The van der Waals surface area contributed by atoms with Crippen LogP contribution in [0.5, 0.6) is 5.75 Å². The number of hydrogen-bond donors (Lipinski definition) is 1. The van der Waals surface area contributed by atoms with Crippen molar-refractivity contribution in [3.8, 4) is 5.75 Å². The van der Waals surface area contributed by atoms with Gasteiger partial charge in [0.05, 0.1) is 23.9 Å². The highest BCUT2D eigenvalue weighted by Crippen LogP contribution is 2.26. The molecule has 0 unspecified atom stereocenters. The maximum atomic E-state index is 12.4. The largest absolute Gasteiger partial charge is 0.482 e. The molecule has 0 saturated heterocycles. The molecule has 3 rings (SSSR count). The van der Waals surface area contributed by atoms with Gasteiger partial charge in [-0.05, 0) is 24.3 Å². The summed E-state index contributed by atoms with van der Waals surface area (Å²) in [6.07, 6.45) is -3.29. The molecular formula is C19H16F3N3O3. The number of benzene rings is 2. The van der Waals surface area contributed by atoms with Crippen LogP contribution in [0.4, 0.5) is 18.9 Å². The van der Waals surface area contributed by atoms with Crippen molar-refractivity contribution in [2.75, 3.05) is 11.9 Å². The molecular weight excluding hydrogens is 375 g/mol. The van der Waals surface area contributed by atoms with E-state index >= 15 is 0 Å². The molecule has 3 aromatic rings. The van der Waals surface area contributed by atoms with Gasteiger partial charge in [0.1, 0.15) is 5.75 Å². The Morgan fingerprint density at radius 3 is 2.61 bits per heavy atom. The predicted molar refractivity (Wildman–Crippen MR) is 97.2 cm³/mol. The number of anilines is 1. The van der Waals surface area contributed by atoms with E-state index in [-0.39, 0.29) is 29.8 Å². The van der Waals surface area contributed by atoms with Gasteiger partial charge in [-0.3, -0.25) is 14.3 Å². The number of alkyl halides is 3. The minimum Gasteiger partial charge on any atom is -0.482 e. The van der Waals surface area contributed by atoms with Gasteiger partial charge in [0, 0.05) is 11.8 Å². The van der Waals surface area contributed by atoms with Gasteiger partial charge in [-0.25, -0.2) is 0 Å². The summed E-state index contributed by atoms with van der Waals surface area (Å²) in [5.74, 6) is -0.493. The molecule has 6 nitrogen and oxygen atoms in total. The number of aryl methyl sites for hydroxylation is 1. The molecule has 0 aliphatic heterocycles. The first-order chi connectivity index (χ1) is 13.3. The SMILES string of the molecule is O=C(CCn1ncc(=O)c2ccccc21)Nc1ccccc1OCC(F)(F)F. The lowest BCUT2D eigenvalue weighted by atomic mass is 10.2. The van der Waals surface area contributed by atoms with Crippen LogP contribution in [0.15, 0.2) is 59.5 Å². The van der Waals surface area contributed by atoms with Crippen LogP contribution in [0.1, 0.15) is 6.42 Å². The molecule has 0 atom stereocenters. The minimum absolute atomic E-state index is 0.00741. The fourth-order valence-electron chi connectivity index (χ4n) is 2.61. The second-order valence-electron chi connectivity index (χ2n) is 5.95. The van der Waals surface area contributed by atoms with Crippen molar-refractivity contribution in [2.24, 2.45) is 0 Å². The summed E-state index contributed by atoms with van der Waals surface area (Å²) in [4.78, 5) is 24.1. The van der Waals surface area contributed by atoms with E-state index in [2.05, 4.69) is 10.4 Å². The highest BCUT2D eigenvalue weighted by Gasteiger charge is 2.28. The molecule has 0 aliphatic carbocycles. The van der Waals surface area contributed by atoms with E-state index in [9.17, 15) is 22.8 Å². The summed E-state index contributed by atoms with van der Waals surface area (Å²) in [7, 11) is 0. The third kappa shape index (κ3) is 4.87. The molecule has 0 bridgehead atoms. The van der Waals surface area contributed by atoms with Gasteiger partial charge in [0.25, 0.3) is 0 Å². The lowest BCUT2D eigenvalue weighted by Gasteiger charge is -2.14. The van der Waals surface area contributed by atoms with Crippen molar-refractivity contribution in [2.45, 2.75) is 19.1 Å². The van der Waals surface area contributed by atoms with Gasteiger partial charge in [0.15, 0.2) is 6.61 Å². The first kappa shape index (κ1) is 19.4. The topological polar surface area (TPSA) is 73.2 Å². The third-order valence-corrected chi connectivity index (χ3v) is 3.87. The molecule has 1 N–H and O–H groups in total. The van der Waals surface area contributed by atoms with Gasteiger partial charge < -0.3 is 10.1 Å². The second kappa shape index (κ2) is 8.12. The first-order valence-electron chi connectivity index (χ1n) is 8.37. The highest BCUT2D eigenvalue weighted by atomic mass is 19.4. The Hall–Kier alpha value is -3.36. The number of para-hydroxylation sites is 3. The van der Waals surface area contributed by atoms with Crippen LogP contribution in [0.2, 0.25) is 0 Å². The lowest BCUT2D eigenvalue weighted by molar-refractivity contribution is -0.153. The van der Waals surface area contributed by atoms with Crippen molar-refractivity contribution in [1.29, 1.82) is 0 Å². The van der Waals surface area contributed by atoms with Crippen LogP contribution < -0.4 is 15.5 Å². The fraction of sp³-hybridized carbons (Fsp3) is 0.211. The molecule has 2 aromatic carbocycles. The monoisotopic (exact) mass is 391 g/mol. The van der Waals surface area contributed by atoms with Crippen LogP contribution in [-0.2, 0) is 11.3 Å². The number of nitrogens with zero attached hydrogens (tertiary/aromatic N) is 2. The van der Waals surface area contributed by atoms with E-state index in [1.807, 2.05) is 0 Å². The predicted octanol–water partition coefficient (Wildman–Crippen LogP) is 3.37. The van der Waals surface area contributed by atoms with E-state index in [4.69, 9.17) is 4.74 Å². The van der Waals surface area contributed by atoms with Crippen molar-refractivity contribution in [1.82, 2.24) is 9.78 Å². The Labute approximate surface area is 157 Å². The van der Waals surface area contributed by atoms with Crippen molar-refractivity contribution in [3.63, 3.8) is 0 Å². The molecule has 0 fully saturated rings. The molecule has 0 saturated carbocycles. The summed E-state index contributed by atoms with van der Waals surface area (Å²) >= 11 is 0. The van der Waals surface area contributed by atoms with Crippen molar-refractivity contribution in [3.05, 3.63) is 65.0 Å². The van der Waals surface area contributed by atoms with Crippen LogP contribution in [0.3, 0.4) is 0 Å². The molecule has 0 spiro atoms. The van der Waals surface area contributed by atoms with Gasteiger partial charge in [-0.15, -0.1) is 0 Å². The van der Waals surface area contributed by atoms with E-state index < -0.39 is 18.7 Å². The zero-order valence-electron chi connectivity index (χ0n) is 14.6. The van der Waals surface area contributed by atoms with Gasteiger partial charge in [-0.1, -0.05) is 24.3 Å². The molecule has 1 aromatic heterocycles. The molecule has 146 valence electrons. The van der Waals surface area contributed by atoms with E-state index in [0.29, 0.717) is 10.9 Å². The van der Waals surface area contributed by atoms with Crippen LogP contribution in [0, 0.1) is 0 Å². The van der Waals surface area contributed by atoms with E-state index in [0.717, 1.165) is 0 Å². The van der Waals surface area contributed by atoms with Gasteiger partial charge in [-0.2, -0.15) is 18.3 Å². The average molecular weight is 391 g/mol. The number of hydrogen-bond acceptors (Lipinski definition) is 4. The Balaban J connectivity index is 1.68. The number of amides is 1. The van der Waals surface area contributed by atoms with E-state index in [1.54, 1.807) is 30.3 Å². The Morgan fingerprint density at radius 2 is 1.82 bits per heavy atom. The van der Waals surface area contributed by atoms with Crippen molar-refractivity contribution >= 4 is 22.5 Å². The number of rotatable bonds is 6. The highest BCUT2D eigenvalue weighted by molar-refractivity contribution is 5.92. The molecule has 0 aliphatic rings. The Kier molecular flexibility index (Phi) is 5.62. The van der Waals surface area contributed by atoms with Crippen LogP contribution >= 0.6 is 0 Å². The molecule has 28 heavy (non-hydrogen) atoms. The number of nitrogens with one attached hydrogen (secondary N) is 1. The number of fused-ring (bicyclic) bond motifs is 1. The lowest BCUT2D eigenvalue weighted by Crippen LogP contribution is -2.21. The molecule has 1 amide bonds. The molecule has 9 heteroatoms. The maximum absolute atomic E-state index is 12.4. The zero-order chi connectivity index (χ0) is 20.1. The first-order valence-corrected chi connectivity index (χ1v) is 8.37. The average Bonchev–Trinajstić information content (AvgIpc) is 2.66. The number of aromatic nitrogens is 2. The summed E-state index contributed by atoms with van der Waals surface area (Å²) in [6.45, 7) is -1.26. The van der Waals surface area contributed by atoms with Gasteiger partial charge in [0.2, 0.25) is 11.3 Å². The standard InChI is InChI=1S/C19H16F3N3O3/c20-19(21,22)12-28-17-8-4-2-6-14(17)24-18(27)9-10-25-15-7-3-1-5-13(15)16(26)11-23-25/h1-8,11H,9-10,12H2,(H,24,27). The number of halogens is 3. The molecule has 1 heterocycles. The minimum atomic E-state index is -4.48. The van der Waals surface area contributed by atoms with E-state index in [1.165, 1.54) is 29.1 Å². The van der Waals surface area contributed by atoms with Crippen LogP contribution in [0.25, 0.3) is 10.9 Å². The molecule has 0 radical (unpaired) electrons. The Bertz CT molecular complexity index is 1050. The normalized spacial score (nSPS) is 11.4. The summed E-state index contributed by atoms with van der Waals surface area (Å²) in [6, 6.07) is 12.8. The second-order valence-corrected chi connectivity index (χ2v) is 5.95. The summed E-state index contributed by atoms with van der Waals surface area (Å²) in [5, 5.41) is 7.07. The smallest absolute Gasteiger partial charge is 0.422 e. The number of ether oxygens (including phenoxy) is 1. The van der Waals surface area contributed by atoms with Crippen molar-refractivity contribution < 1.29 is 22.7 Å². The van der Waals surface area contributed by atoms with Gasteiger partial charge >= 0.3 is 6.18 Å². The number of carbonyl (C=O) groups excluding carboxylic acids is 1. The third-order valence-electron chi connectivity index (χ3n) is 3.87. The maximum Gasteiger partial charge on any atom is 0.422 e. The fourth-order valence-corrected chi connectivity index (χ4v) is 2.61. The van der Waals surface area contributed by atoms with Crippen LogP contribution in [-0.4, -0.2) is 28.5 Å². The summed E-state index contributed by atoms with van der Waals surface area (Å²) in [5.41, 5.74) is 0.526.